The zero-order valence-electron chi connectivity index (χ0n) is 10.8. The Labute approximate surface area is 106 Å². The molecule has 1 aliphatic heterocycles. The van der Waals surface area contributed by atoms with E-state index in [1.54, 1.807) is 11.0 Å². The van der Waals surface area contributed by atoms with Crippen LogP contribution in [0, 0.1) is 5.95 Å². The van der Waals surface area contributed by atoms with Gasteiger partial charge in [0.15, 0.2) is 0 Å². The number of aromatic nitrogens is 1. The van der Waals surface area contributed by atoms with Gasteiger partial charge in [-0.2, -0.15) is 4.39 Å². The van der Waals surface area contributed by atoms with Crippen molar-refractivity contribution < 1.29 is 9.18 Å². The molecule has 2 rings (SSSR count). The zero-order valence-corrected chi connectivity index (χ0v) is 10.8. The molecule has 0 radical (unpaired) electrons. The number of pyridine rings is 1. The summed E-state index contributed by atoms with van der Waals surface area (Å²) in [5.41, 5.74) is 0.188. The summed E-state index contributed by atoms with van der Waals surface area (Å²) >= 11 is 0. The number of hydrogen-bond donors (Lipinski definition) is 0. The quantitative estimate of drug-likeness (QED) is 0.745. The van der Waals surface area contributed by atoms with E-state index in [-0.39, 0.29) is 11.6 Å². The molecule has 18 heavy (non-hydrogen) atoms. The van der Waals surface area contributed by atoms with Gasteiger partial charge in [0.1, 0.15) is 5.69 Å². The highest BCUT2D eigenvalue weighted by molar-refractivity contribution is 5.92. The van der Waals surface area contributed by atoms with Crippen molar-refractivity contribution in [1.29, 1.82) is 0 Å². The van der Waals surface area contributed by atoms with Crippen LogP contribution in [0.15, 0.2) is 18.2 Å². The fourth-order valence-corrected chi connectivity index (χ4v) is 2.13. The molecule has 0 aromatic carbocycles. The molecule has 0 spiro atoms. The molecular formula is C13H18FN3O. The first-order valence-electron chi connectivity index (χ1n) is 6.24. The number of carbonyl (C=O) groups excluding carboxylic acids is 1. The van der Waals surface area contributed by atoms with Crippen molar-refractivity contribution in [2.45, 2.75) is 19.9 Å². The first-order chi connectivity index (χ1) is 8.58. The van der Waals surface area contributed by atoms with Crippen LogP contribution in [-0.4, -0.2) is 52.9 Å². The molecule has 1 aromatic rings. The molecule has 0 saturated carbocycles. The summed E-state index contributed by atoms with van der Waals surface area (Å²) in [4.78, 5) is 19.8. The molecule has 1 aliphatic rings. The zero-order chi connectivity index (χ0) is 13.1. The Morgan fingerprint density at radius 3 is 2.50 bits per heavy atom. The predicted molar refractivity (Wildman–Crippen MR) is 66.8 cm³/mol. The lowest BCUT2D eigenvalue weighted by molar-refractivity contribution is 0.0589. The van der Waals surface area contributed by atoms with E-state index < -0.39 is 5.95 Å². The fourth-order valence-electron chi connectivity index (χ4n) is 2.13. The largest absolute Gasteiger partial charge is 0.335 e. The van der Waals surface area contributed by atoms with E-state index in [2.05, 4.69) is 23.7 Å². The minimum Gasteiger partial charge on any atom is -0.335 e. The van der Waals surface area contributed by atoms with Crippen molar-refractivity contribution in [3.05, 3.63) is 29.8 Å². The maximum atomic E-state index is 13.0. The van der Waals surface area contributed by atoms with Gasteiger partial charge in [0.2, 0.25) is 5.95 Å². The first kappa shape index (κ1) is 13.0. The molecule has 0 aliphatic carbocycles. The molecule has 0 unspecified atom stereocenters. The van der Waals surface area contributed by atoms with E-state index in [1.165, 1.54) is 12.1 Å². The SMILES string of the molecule is CC(C)N1CCN(C(=O)c2cccc(F)n2)CC1. The molecule has 0 atom stereocenters. The summed E-state index contributed by atoms with van der Waals surface area (Å²) in [6.07, 6.45) is 0. The third-order valence-corrected chi connectivity index (χ3v) is 3.27. The predicted octanol–water partition coefficient (Wildman–Crippen LogP) is 1.39. The highest BCUT2D eigenvalue weighted by Crippen LogP contribution is 2.09. The highest BCUT2D eigenvalue weighted by Gasteiger charge is 2.24. The molecule has 0 N–H and O–H groups in total. The van der Waals surface area contributed by atoms with Crippen molar-refractivity contribution in [3.8, 4) is 0 Å². The number of piperazine rings is 1. The Balaban J connectivity index is 1.99. The third kappa shape index (κ3) is 2.85. The minimum absolute atomic E-state index is 0.182. The summed E-state index contributed by atoms with van der Waals surface area (Å²) in [5.74, 6) is -0.792. The Hall–Kier alpha value is -1.49. The molecule has 4 nitrogen and oxygen atoms in total. The molecule has 2 heterocycles. The van der Waals surface area contributed by atoms with Crippen LogP contribution in [0.25, 0.3) is 0 Å². The molecule has 1 fully saturated rings. The van der Waals surface area contributed by atoms with Crippen LogP contribution in [0.5, 0.6) is 0 Å². The van der Waals surface area contributed by atoms with Gasteiger partial charge in [-0.15, -0.1) is 0 Å². The number of nitrogens with zero attached hydrogens (tertiary/aromatic N) is 3. The van der Waals surface area contributed by atoms with Crippen LogP contribution in [0.2, 0.25) is 0 Å². The minimum atomic E-state index is -0.610. The highest BCUT2D eigenvalue weighted by atomic mass is 19.1. The van der Waals surface area contributed by atoms with Crippen LogP contribution < -0.4 is 0 Å². The van der Waals surface area contributed by atoms with E-state index >= 15 is 0 Å². The van der Waals surface area contributed by atoms with E-state index in [0.29, 0.717) is 19.1 Å². The van der Waals surface area contributed by atoms with E-state index in [1.807, 2.05) is 0 Å². The van der Waals surface area contributed by atoms with Crippen LogP contribution in [0.1, 0.15) is 24.3 Å². The van der Waals surface area contributed by atoms with Gasteiger partial charge in [-0.05, 0) is 26.0 Å². The number of rotatable bonds is 2. The Morgan fingerprint density at radius 2 is 1.94 bits per heavy atom. The molecule has 1 amide bonds. The van der Waals surface area contributed by atoms with E-state index in [9.17, 15) is 9.18 Å². The standard InChI is InChI=1S/C13H18FN3O/c1-10(2)16-6-8-17(9-7-16)13(18)11-4-3-5-12(14)15-11/h3-5,10H,6-9H2,1-2H3. The maximum absolute atomic E-state index is 13.0. The normalized spacial score (nSPS) is 17.2. The van der Waals surface area contributed by atoms with Crippen molar-refractivity contribution in [1.82, 2.24) is 14.8 Å². The van der Waals surface area contributed by atoms with Crippen LogP contribution in [0.3, 0.4) is 0 Å². The van der Waals surface area contributed by atoms with Gasteiger partial charge in [0.05, 0.1) is 0 Å². The molecule has 5 heteroatoms. The topological polar surface area (TPSA) is 36.4 Å². The number of hydrogen-bond acceptors (Lipinski definition) is 3. The summed E-state index contributed by atoms with van der Waals surface area (Å²) < 4.78 is 13.0. The van der Waals surface area contributed by atoms with Gasteiger partial charge >= 0.3 is 0 Å². The van der Waals surface area contributed by atoms with Crippen molar-refractivity contribution in [2.24, 2.45) is 0 Å². The Kier molecular flexibility index (Phi) is 3.91. The summed E-state index contributed by atoms with van der Waals surface area (Å²) in [6.45, 7) is 7.36. The molecule has 0 bridgehead atoms. The average molecular weight is 251 g/mol. The molecule has 1 saturated heterocycles. The van der Waals surface area contributed by atoms with Crippen molar-refractivity contribution in [2.75, 3.05) is 26.2 Å². The first-order valence-corrected chi connectivity index (χ1v) is 6.24. The lowest BCUT2D eigenvalue weighted by atomic mass is 10.2. The van der Waals surface area contributed by atoms with Crippen molar-refractivity contribution >= 4 is 5.91 Å². The molecular weight excluding hydrogens is 233 g/mol. The van der Waals surface area contributed by atoms with Gasteiger partial charge in [-0.1, -0.05) is 6.07 Å². The van der Waals surface area contributed by atoms with Crippen LogP contribution >= 0.6 is 0 Å². The van der Waals surface area contributed by atoms with Gasteiger partial charge < -0.3 is 4.90 Å². The Bertz CT molecular complexity index is 428. The molecule has 98 valence electrons. The smallest absolute Gasteiger partial charge is 0.272 e. The third-order valence-electron chi connectivity index (χ3n) is 3.27. The number of amides is 1. The van der Waals surface area contributed by atoms with Gasteiger partial charge in [-0.3, -0.25) is 9.69 Å². The molecule has 1 aromatic heterocycles. The summed E-state index contributed by atoms with van der Waals surface area (Å²) in [7, 11) is 0. The lowest BCUT2D eigenvalue weighted by Crippen LogP contribution is -2.50. The summed E-state index contributed by atoms with van der Waals surface area (Å²) in [6, 6.07) is 4.81. The second kappa shape index (κ2) is 5.44. The van der Waals surface area contributed by atoms with E-state index in [0.717, 1.165) is 13.1 Å². The summed E-state index contributed by atoms with van der Waals surface area (Å²) in [5, 5.41) is 0. The van der Waals surface area contributed by atoms with E-state index in [4.69, 9.17) is 0 Å². The van der Waals surface area contributed by atoms with Gasteiger partial charge in [-0.25, -0.2) is 4.98 Å². The second-order valence-corrected chi connectivity index (χ2v) is 4.77. The maximum Gasteiger partial charge on any atom is 0.272 e. The Morgan fingerprint density at radius 1 is 1.28 bits per heavy atom. The number of carbonyl (C=O) groups is 1. The fraction of sp³-hybridized carbons (Fsp3) is 0.538. The van der Waals surface area contributed by atoms with Crippen molar-refractivity contribution in [3.63, 3.8) is 0 Å². The monoisotopic (exact) mass is 251 g/mol. The van der Waals surface area contributed by atoms with Gasteiger partial charge in [0, 0.05) is 32.2 Å². The van der Waals surface area contributed by atoms with Gasteiger partial charge in [0.25, 0.3) is 5.91 Å². The lowest BCUT2D eigenvalue weighted by Gasteiger charge is -2.36. The second-order valence-electron chi connectivity index (χ2n) is 4.77. The van der Waals surface area contributed by atoms with Crippen LogP contribution in [-0.2, 0) is 0 Å². The average Bonchev–Trinajstić information content (AvgIpc) is 2.38. The van der Waals surface area contributed by atoms with Crippen LogP contribution in [0.4, 0.5) is 4.39 Å². The number of halogens is 1.